The van der Waals surface area contributed by atoms with E-state index in [2.05, 4.69) is 0 Å². The molecule has 0 bridgehead atoms. The van der Waals surface area contributed by atoms with Crippen molar-refractivity contribution < 1.29 is 28.5 Å². The minimum absolute atomic E-state index is 0.275. The van der Waals surface area contributed by atoms with Gasteiger partial charge in [0.1, 0.15) is 12.2 Å². The third-order valence-electron chi connectivity index (χ3n) is 4.73. The quantitative estimate of drug-likeness (QED) is 0.806. The van der Waals surface area contributed by atoms with Crippen molar-refractivity contribution in [1.82, 2.24) is 0 Å². The maximum absolute atomic E-state index is 12.8. The average Bonchev–Trinajstić information content (AvgIpc) is 2.74. The number of ketones is 1. The lowest BCUT2D eigenvalue weighted by Gasteiger charge is -2.44. The Bertz CT molecular complexity index is 750. The van der Waals surface area contributed by atoms with Crippen LogP contribution in [0.1, 0.15) is 17.4 Å². The van der Waals surface area contributed by atoms with E-state index in [-0.39, 0.29) is 5.78 Å². The standard InChI is InChI=1S/C21H22O6/c1-23-21-17(22)19(24-12-14-8-4-2-5-9-14)18-16(26-21)13-25-20(27-18)15-10-6-3-7-11-15/h2-11,16,18-21H,12-13H2,1H3/t16-,18-,19-,20?,21-/m1/s1. The molecule has 0 amide bonds. The first-order chi connectivity index (χ1) is 13.3. The van der Waals surface area contributed by atoms with Crippen molar-refractivity contribution in [2.24, 2.45) is 0 Å². The molecular weight excluding hydrogens is 348 g/mol. The average molecular weight is 370 g/mol. The van der Waals surface area contributed by atoms with Gasteiger partial charge in [-0.15, -0.1) is 0 Å². The van der Waals surface area contributed by atoms with Crippen molar-refractivity contribution in [2.45, 2.75) is 37.5 Å². The summed E-state index contributed by atoms with van der Waals surface area (Å²) in [6, 6.07) is 19.3. The van der Waals surface area contributed by atoms with Gasteiger partial charge in [0.2, 0.25) is 12.1 Å². The van der Waals surface area contributed by atoms with Gasteiger partial charge in [-0.3, -0.25) is 4.79 Å². The van der Waals surface area contributed by atoms with Gasteiger partial charge >= 0.3 is 0 Å². The first-order valence-corrected chi connectivity index (χ1v) is 8.96. The molecular formula is C21H22O6. The number of fused-ring (bicyclic) bond motifs is 1. The van der Waals surface area contributed by atoms with Gasteiger partial charge in [-0.25, -0.2) is 0 Å². The van der Waals surface area contributed by atoms with Gasteiger partial charge in [0.25, 0.3) is 0 Å². The summed E-state index contributed by atoms with van der Waals surface area (Å²) in [5.74, 6) is -0.275. The summed E-state index contributed by atoms with van der Waals surface area (Å²) in [5.41, 5.74) is 1.87. The summed E-state index contributed by atoms with van der Waals surface area (Å²) in [6.45, 7) is 0.597. The first kappa shape index (κ1) is 18.3. The van der Waals surface area contributed by atoms with Gasteiger partial charge in [0.15, 0.2) is 12.4 Å². The number of hydrogen-bond acceptors (Lipinski definition) is 6. The van der Waals surface area contributed by atoms with Crippen LogP contribution in [0.2, 0.25) is 0 Å². The zero-order chi connectivity index (χ0) is 18.6. The van der Waals surface area contributed by atoms with Crippen LogP contribution in [0.3, 0.4) is 0 Å². The van der Waals surface area contributed by atoms with Gasteiger partial charge in [-0.1, -0.05) is 60.7 Å². The molecule has 1 unspecified atom stereocenters. The molecule has 142 valence electrons. The Morgan fingerprint density at radius 3 is 2.41 bits per heavy atom. The van der Waals surface area contributed by atoms with Crippen LogP contribution in [0.5, 0.6) is 0 Å². The van der Waals surface area contributed by atoms with Crippen LogP contribution in [0.15, 0.2) is 60.7 Å². The van der Waals surface area contributed by atoms with E-state index in [4.69, 9.17) is 23.7 Å². The molecule has 6 heteroatoms. The molecule has 0 N–H and O–H groups in total. The zero-order valence-corrected chi connectivity index (χ0v) is 15.0. The Hall–Kier alpha value is -2.09. The van der Waals surface area contributed by atoms with Crippen LogP contribution in [0.25, 0.3) is 0 Å². The summed E-state index contributed by atoms with van der Waals surface area (Å²) in [6.07, 6.45) is -3.33. The summed E-state index contributed by atoms with van der Waals surface area (Å²) in [5, 5.41) is 0. The van der Waals surface area contributed by atoms with Gasteiger partial charge in [0, 0.05) is 12.7 Å². The van der Waals surface area contributed by atoms with E-state index in [0.29, 0.717) is 13.2 Å². The molecule has 2 fully saturated rings. The molecule has 2 aromatic rings. The van der Waals surface area contributed by atoms with Crippen LogP contribution in [-0.4, -0.2) is 44.1 Å². The zero-order valence-electron chi connectivity index (χ0n) is 15.0. The van der Waals surface area contributed by atoms with Crippen LogP contribution in [0, 0.1) is 0 Å². The molecule has 0 radical (unpaired) electrons. The Kier molecular flexibility index (Phi) is 5.61. The molecule has 0 aliphatic carbocycles. The molecule has 2 aliphatic rings. The molecule has 2 aromatic carbocycles. The Labute approximate surface area is 157 Å². The third kappa shape index (κ3) is 3.95. The number of hydrogen-bond donors (Lipinski definition) is 0. The van der Waals surface area contributed by atoms with E-state index in [1.807, 2.05) is 60.7 Å². The number of methoxy groups -OCH3 is 1. The van der Waals surface area contributed by atoms with E-state index in [1.165, 1.54) is 7.11 Å². The highest BCUT2D eigenvalue weighted by atomic mass is 16.7. The van der Waals surface area contributed by atoms with Crippen LogP contribution in [-0.2, 0) is 35.1 Å². The molecule has 0 saturated carbocycles. The SMILES string of the molecule is CO[C@@H]1O[C@@H]2COC(c3ccccc3)O[C@H]2[C@H](OCc2ccccc2)C1=O. The topological polar surface area (TPSA) is 63.2 Å². The van der Waals surface area contributed by atoms with Crippen molar-refractivity contribution in [1.29, 1.82) is 0 Å². The summed E-state index contributed by atoms with van der Waals surface area (Å²) in [4.78, 5) is 12.8. The predicted octanol–water partition coefficient (Wildman–Crippen LogP) is 2.63. The number of rotatable bonds is 5. The molecule has 6 nitrogen and oxygen atoms in total. The highest BCUT2D eigenvalue weighted by Crippen LogP contribution is 2.34. The number of carbonyl (C=O) groups is 1. The second-order valence-electron chi connectivity index (χ2n) is 6.54. The Balaban J connectivity index is 1.52. The molecule has 2 heterocycles. The molecule has 0 spiro atoms. The normalized spacial score (nSPS) is 30.7. The van der Waals surface area contributed by atoms with Gasteiger partial charge < -0.3 is 23.7 Å². The van der Waals surface area contributed by atoms with Crippen molar-refractivity contribution in [2.75, 3.05) is 13.7 Å². The molecule has 4 rings (SSSR count). The van der Waals surface area contributed by atoms with Crippen molar-refractivity contribution in [3.8, 4) is 0 Å². The third-order valence-corrected chi connectivity index (χ3v) is 4.73. The Morgan fingerprint density at radius 1 is 1.00 bits per heavy atom. The van der Waals surface area contributed by atoms with Crippen molar-refractivity contribution in [3.63, 3.8) is 0 Å². The van der Waals surface area contributed by atoms with E-state index in [0.717, 1.165) is 11.1 Å². The van der Waals surface area contributed by atoms with Gasteiger partial charge in [-0.05, 0) is 5.56 Å². The number of Topliss-reactive ketones (excluding diaryl/α,β-unsaturated/α-hetero) is 1. The minimum atomic E-state index is -0.979. The molecule has 5 atom stereocenters. The van der Waals surface area contributed by atoms with Crippen LogP contribution in [0.4, 0.5) is 0 Å². The first-order valence-electron chi connectivity index (χ1n) is 8.96. The fraction of sp³-hybridized carbons (Fsp3) is 0.381. The van der Waals surface area contributed by atoms with E-state index >= 15 is 0 Å². The van der Waals surface area contributed by atoms with Gasteiger partial charge in [-0.2, -0.15) is 0 Å². The smallest absolute Gasteiger partial charge is 0.220 e. The number of benzene rings is 2. The van der Waals surface area contributed by atoms with E-state index in [1.54, 1.807) is 0 Å². The minimum Gasteiger partial charge on any atom is -0.363 e. The lowest BCUT2D eigenvalue weighted by Crippen LogP contribution is -2.61. The van der Waals surface area contributed by atoms with Crippen LogP contribution >= 0.6 is 0 Å². The van der Waals surface area contributed by atoms with E-state index in [9.17, 15) is 4.79 Å². The fourth-order valence-electron chi connectivity index (χ4n) is 3.35. The monoisotopic (exact) mass is 370 g/mol. The largest absolute Gasteiger partial charge is 0.363 e. The highest BCUT2D eigenvalue weighted by Gasteiger charge is 2.50. The highest BCUT2D eigenvalue weighted by molar-refractivity contribution is 5.87. The van der Waals surface area contributed by atoms with Gasteiger partial charge in [0.05, 0.1) is 13.2 Å². The molecule has 2 aliphatic heterocycles. The van der Waals surface area contributed by atoms with Crippen molar-refractivity contribution in [3.05, 3.63) is 71.8 Å². The summed E-state index contributed by atoms with van der Waals surface area (Å²) < 4.78 is 28.8. The molecule has 27 heavy (non-hydrogen) atoms. The summed E-state index contributed by atoms with van der Waals surface area (Å²) >= 11 is 0. The second-order valence-corrected chi connectivity index (χ2v) is 6.54. The lowest BCUT2D eigenvalue weighted by atomic mass is 9.98. The predicted molar refractivity (Wildman–Crippen MR) is 95.7 cm³/mol. The fourth-order valence-corrected chi connectivity index (χ4v) is 3.35. The van der Waals surface area contributed by atoms with E-state index < -0.39 is 30.9 Å². The molecule has 0 aromatic heterocycles. The number of ether oxygens (including phenoxy) is 5. The lowest BCUT2D eigenvalue weighted by molar-refractivity contribution is -0.321. The van der Waals surface area contributed by atoms with Crippen molar-refractivity contribution >= 4 is 5.78 Å². The maximum Gasteiger partial charge on any atom is 0.220 e. The second kappa shape index (κ2) is 8.29. The maximum atomic E-state index is 12.8. The molecule has 2 saturated heterocycles. The van der Waals surface area contributed by atoms with Crippen LogP contribution < -0.4 is 0 Å². The Morgan fingerprint density at radius 2 is 1.70 bits per heavy atom. The summed E-state index contributed by atoms with van der Waals surface area (Å²) in [7, 11) is 1.44. The number of carbonyl (C=O) groups excluding carboxylic acids is 1.